The molecule has 40 heavy (non-hydrogen) atoms. The number of rotatable bonds is 15. The van der Waals surface area contributed by atoms with E-state index in [9.17, 15) is 29.1 Å². The Bertz CT molecular complexity index is 1030. The van der Waals surface area contributed by atoms with Gasteiger partial charge in [-0.2, -0.15) is 0 Å². The molecule has 0 aromatic heterocycles. The normalized spacial score (nSPS) is 13.0. The van der Waals surface area contributed by atoms with Crippen molar-refractivity contribution in [1.29, 1.82) is 0 Å². The van der Waals surface area contributed by atoms with E-state index in [-0.39, 0.29) is 32.4 Å². The number of nitrogens with one attached hydrogen (secondary N) is 4. The molecule has 0 aliphatic carbocycles. The highest BCUT2D eigenvalue weighted by Crippen LogP contribution is 2.13. The zero-order valence-electron chi connectivity index (χ0n) is 24.5. The number of amides is 3. The second-order valence-electron chi connectivity index (χ2n) is 11.4. The Morgan fingerprint density at radius 1 is 0.875 bits per heavy atom. The van der Waals surface area contributed by atoms with E-state index in [2.05, 4.69) is 21.3 Å². The maximum atomic E-state index is 12.9. The van der Waals surface area contributed by atoms with Gasteiger partial charge < -0.3 is 35.8 Å². The number of aliphatic carboxylic acids is 1. The van der Waals surface area contributed by atoms with Crippen LogP contribution in [0.15, 0.2) is 24.3 Å². The van der Waals surface area contributed by atoms with Crippen LogP contribution in [0.4, 0.5) is 5.69 Å². The number of benzene rings is 1. The highest BCUT2D eigenvalue weighted by atomic mass is 16.6. The number of carbonyl (C=O) groups excluding carboxylic acids is 4. The van der Waals surface area contributed by atoms with E-state index in [0.717, 1.165) is 11.3 Å². The molecule has 5 N–H and O–H groups in total. The molecule has 0 aliphatic rings. The van der Waals surface area contributed by atoms with Crippen LogP contribution >= 0.6 is 0 Å². The SMILES string of the molecule is Cc1ccccc1NCC(=O)N[C@@H](CCCC(=O)OC(C)(C)C)C(=O)NCC(=O)N[C@@H](COC(C)(C)C)C(=O)O. The molecule has 0 aliphatic heterocycles. The molecule has 1 aromatic rings. The topological polar surface area (TPSA) is 172 Å². The molecule has 0 saturated carbocycles. The summed E-state index contributed by atoms with van der Waals surface area (Å²) in [6, 6.07) is 5.07. The summed E-state index contributed by atoms with van der Waals surface area (Å²) in [5.41, 5.74) is 0.456. The molecule has 0 fully saturated rings. The molecular weight excluding hydrogens is 520 g/mol. The molecule has 1 rings (SSSR count). The molecule has 2 atom stereocenters. The van der Waals surface area contributed by atoms with Gasteiger partial charge in [0.15, 0.2) is 6.04 Å². The van der Waals surface area contributed by atoms with Crippen molar-refractivity contribution >= 4 is 35.3 Å². The number of aryl methyl sites for hydroxylation is 1. The summed E-state index contributed by atoms with van der Waals surface area (Å²) in [5, 5.41) is 19.8. The first kappa shape index (κ1) is 34.4. The van der Waals surface area contributed by atoms with Gasteiger partial charge in [-0.1, -0.05) is 18.2 Å². The third kappa shape index (κ3) is 15.1. The minimum absolute atomic E-state index is 0.0347. The second-order valence-corrected chi connectivity index (χ2v) is 11.4. The summed E-state index contributed by atoms with van der Waals surface area (Å²) in [5.74, 6) is -3.57. The smallest absolute Gasteiger partial charge is 0.328 e. The number of para-hydroxylation sites is 1. The van der Waals surface area contributed by atoms with Crippen LogP contribution in [0, 0.1) is 6.92 Å². The lowest BCUT2D eigenvalue weighted by Crippen LogP contribution is -2.52. The fraction of sp³-hybridized carbons (Fsp3) is 0.607. The van der Waals surface area contributed by atoms with Crippen LogP contribution < -0.4 is 21.3 Å². The molecule has 0 saturated heterocycles. The predicted molar refractivity (Wildman–Crippen MR) is 150 cm³/mol. The Hall–Kier alpha value is -3.67. The first-order valence-corrected chi connectivity index (χ1v) is 13.2. The van der Waals surface area contributed by atoms with Gasteiger partial charge in [-0.05, 0) is 72.9 Å². The zero-order chi connectivity index (χ0) is 30.5. The molecule has 0 spiro atoms. The lowest BCUT2D eigenvalue weighted by atomic mass is 10.1. The average Bonchev–Trinajstić information content (AvgIpc) is 2.82. The van der Waals surface area contributed by atoms with Crippen LogP contribution in [0.1, 0.15) is 66.4 Å². The van der Waals surface area contributed by atoms with Gasteiger partial charge in [-0.15, -0.1) is 0 Å². The maximum absolute atomic E-state index is 12.9. The van der Waals surface area contributed by atoms with E-state index in [0.29, 0.717) is 0 Å². The van der Waals surface area contributed by atoms with Gasteiger partial charge in [0.25, 0.3) is 0 Å². The van der Waals surface area contributed by atoms with Gasteiger partial charge in [0, 0.05) is 12.1 Å². The molecule has 0 heterocycles. The van der Waals surface area contributed by atoms with Gasteiger partial charge in [-0.3, -0.25) is 19.2 Å². The van der Waals surface area contributed by atoms with E-state index in [1.54, 1.807) is 41.5 Å². The van der Waals surface area contributed by atoms with E-state index in [1.165, 1.54) is 0 Å². The number of carboxylic acid groups (broad SMARTS) is 1. The highest BCUT2D eigenvalue weighted by Gasteiger charge is 2.25. The van der Waals surface area contributed by atoms with E-state index in [4.69, 9.17) is 9.47 Å². The van der Waals surface area contributed by atoms with Crippen LogP contribution in [-0.2, 0) is 33.4 Å². The fourth-order valence-electron chi connectivity index (χ4n) is 3.35. The summed E-state index contributed by atoms with van der Waals surface area (Å²) in [4.78, 5) is 61.5. The fourth-order valence-corrected chi connectivity index (χ4v) is 3.35. The molecule has 12 nitrogen and oxygen atoms in total. The van der Waals surface area contributed by atoms with Gasteiger partial charge in [0.2, 0.25) is 17.7 Å². The van der Waals surface area contributed by atoms with Gasteiger partial charge in [0.05, 0.1) is 25.3 Å². The zero-order valence-corrected chi connectivity index (χ0v) is 24.5. The van der Waals surface area contributed by atoms with Crippen molar-refractivity contribution in [1.82, 2.24) is 16.0 Å². The number of carbonyl (C=O) groups is 5. The Labute approximate surface area is 235 Å². The Morgan fingerprint density at radius 2 is 1.48 bits per heavy atom. The number of anilines is 1. The van der Waals surface area contributed by atoms with Crippen molar-refractivity contribution in [3.8, 4) is 0 Å². The molecule has 1 aromatic carbocycles. The number of esters is 1. The van der Waals surface area contributed by atoms with Crippen LogP contribution in [0.5, 0.6) is 0 Å². The minimum Gasteiger partial charge on any atom is -0.480 e. The molecule has 12 heteroatoms. The predicted octanol–water partition coefficient (Wildman–Crippen LogP) is 1.90. The van der Waals surface area contributed by atoms with Crippen molar-refractivity contribution in [3.63, 3.8) is 0 Å². The lowest BCUT2D eigenvalue weighted by molar-refractivity contribution is -0.155. The van der Waals surface area contributed by atoms with Crippen molar-refractivity contribution < 1.29 is 38.6 Å². The van der Waals surface area contributed by atoms with Crippen LogP contribution in [0.3, 0.4) is 0 Å². The first-order valence-electron chi connectivity index (χ1n) is 13.2. The summed E-state index contributed by atoms with van der Waals surface area (Å²) in [6.45, 7) is 11.5. The number of hydrogen-bond acceptors (Lipinski definition) is 8. The van der Waals surface area contributed by atoms with Gasteiger partial charge in [-0.25, -0.2) is 4.79 Å². The summed E-state index contributed by atoms with van der Waals surface area (Å²) >= 11 is 0. The Balaban J connectivity index is 2.76. The van der Waals surface area contributed by atoms with Crippen LogP contribution in [-0.4, -0.2) is 77.7 Å². The summed E-state index contributed by atoms with van der Waals surface area (Å²) < 4.78 is 10.7. The quantitative estimate of drug-likeness (QED) is 0.200. The number of carboxylic acids is 1. The second kappa shape index (κ2) is 15.8. The average molecular weight is 565 g/mol. The van der Waals surface area contributed by atoms with Gasteiger partial charge >= 0.3 is 11.9 Å². The molecule has 0 radical (unpaired) electrons. The van der Waals surface area contributed by atoms with Crippen molar-refractivity contribution in [3.05, 3.63) is 29.8 Å². The third-order valence-corrected chi connectivity index (χ3v) is 5.27. The summed E-state index contributed by atoms with van der Waals surface area (Å²) in [7, 11) is 0. The Kier molecular flexibility index (Phi) is 13.6. The number of hydrogen-bond donors (Lipinski definition) is 5. The monoisotopic (exact) mass is 564 g/mol. The molecular formula is C28H44N4O8. The molecule has 3 amide bonds. The van der Waals surface area contributed by atoms with Crippen molar-refractivity contribution in [2.24, 2.45) is 0 Å². The molecule has 224 valence electrons. The minimum atomic E-state index is -1.31. The largest absolute Gasteiger partial charge is 0.480 e. The number of ether oxygens (including phenoxy) is 2. The van der Waals surface area contributed by atoms with E-state index >= 15 is 0 Å². The highest BCUT2D eigenvalue weighted by molar-refractivity contribution is 5.92. The van der Waals surface area contributed by atoms with E-state index < -0.39 is 59.5 Å². The lowest BCUT2D eigenvalue weighted by Gasteiger charge is -2.23. The van der Waals surface area contributed by atoms with Crippen LogP contribution in [0.25, 0.3) is 0 Å². The van der Waals surface area contributed by atoms with E-state index in [1.807, 2.05) is 31.2 Å². The van der Waals surface area contributed by atoms with Crippen molar-refractivity contribution in [2.45, 2.75) is 91.0 Å². The maximum Gasteiger partial charge on any atom is 0.328 e. The van der Waals surface area contributed by atoms with Gasteiger partial charge in [0.1, 0.15) is 11.6 Å². The molecule has 0 bridgehead atoms. The molecule has 0 unspecified atom stereocenters. The van der Waals surface area contributed by atoms with Crippen LogP contribution in [0.2, 0.25) is 0 Å². The third-order valence-electron chi connectivity index (χ3n) is 5.27. The van der Waals surface area contributed by atoms with Crippen molar-refractivity contribution in [2.75, 3.05) is 25.0 Å². The Morgan fingerprint density at radius 3 is 2.05 bits per heavy atom. The standard InChI is InChI=1S/C28H44N4O8/c1-18-11-8-9-12-19(18)29-15-22(33)31-20(13-10-14-24(35)40-28(5,6)7)25(36)30-16-23(34)32-21(26(37)38)17-39-27(2,3)4/h8-9,11-12,20-21,29H,10,13-17H2,1-7H3,(H,30,36)(H,31,33)(H,32,34)(H,37,38)/t20-,21-/m0/s1. The first-order chi connectivity index (χ1) is 18.5. The summed E-state index contributed by atoms with van der Waals surface area (Å²) in [6.07, 6.45) is 0.392.